The Bertz CT molecular complexity index is 1230. The number of aromatic nitrogens is 2. The maximum atomic E-state index is 12.9. The van der Waals surface area contributed by atoms with E-state index in [0.717, 1.165) is 27.2 Å². The molecule has 0 atom stereocenters. The molecule has 0 radical (unpaired) electrons. The highest BCUT2D eigenvalue weighted by atomic mass is 32.1. The van der Waals surface area contributed by atoms with Crippen molar-refractivity contribution >= 4 is 27.5 Å². The van der Waals surface area contributed by atoms with Crippen molar-refractivity contribution < 1.29 is 19.0 Å². The van der Waals surface area contributed by atoms with E-state index in [9.17, 15) is 4.79 Å². The average Bonchev–Trinajstić information content (AvgIpc) is 3.38. The monoisotopic (exact) mass is 437 g/mol. The number of amides is 1. The molecule has 4 rings (SSSR count). The predicted molar refractivity (Wildman–Crippen MR) is 121 cm³/mol. The van der Waals surface area contributed by atoms with E-state index < -0.39 is 0 Å². The Balaban J connectivity index is 1.59. The fraction of sp³-hybridized carbons (Fsp3) is 0.217. The second-order valence-electron chi connectivity index (χ2n) is 6.86. The average molecular weight is 438 g/mol. The smallest absolute Gasteiger partial charge is 0.261 e. The van der Waals surface area contributed by atoms with Gasteiger partial charge < -0.3 is 19.5 Å². The molecule has 8 heteroatoms. The first-order valence-electron chi connectivity index (χ1n) is 9.67. The van der Waals surface area contributed by atoms with Crippen LogP contribution in [0, 0.1) is 6.92 Å². The van der Waals surface area contributed by atoms with E-state index in [0.29, 0.717) is 28.7 Å². The lowest BCUT2D eigenvalue weighted by molar-refractivity contribution is 0.0954. The number of rotatable bonds is 7. The maximum absolute atomic E-state index is 12.9. The molecular formula is C23H23N3O4S. The molecule has 160 valence electrons. The summed E-state index contributed by atoms with van der Waals surface area (Å²) >= 11 is 1.42. The van der Waals surface area contributed by atoms with E-state index in [1.165, 1.54) is 11.3 Å². The Morgan fingerprint density at radius 2 is 1.68 bits per heavy atom. The number of methoxy groups -OCH3 is 3. The minimum Gasteiger partial charge on any atom is -0.496 e. The molecule has 1 N–H and O–H groups in total. The highest BCUT2D eigenvalue weighted by Gasteiger charge is 2.18. The van der Waals surface area contributed by atoms with Crippen LogP contribution in [-0.2, 0) is 6.54 Å². The fourth-order valence-electron chi connectivity index (χ4n) is 3.40. The van der Waals surface area contributed by atoms with Crippen LogP contribution >= 0.6 is 11.3 Å². The summed E-state index contributed by atoms with van der Waals surface area (Å²) in [5.41, 5.74) is 2.64. The van der Waals surface area contributed by atoms with E-state index in [4.69, 9.17) is 14.2 Å². The van der Waals surface area contributed by atoms with Gasteiger partial charge in [-0.15, -0.1) is 11.3 Å². The molecule has 0 unspecified atom stereocenters. The summed E-state index contributed by atoms with van der Waals surface area (Å²) in [6.45, 7) is 2.24. The molecule has 0 aliphatic heterocycles. The molecule has 4 aromatic rings. The molecule has 2 aromatic carbocycles. The number of hydrogen-bond acceptors (Lipinski definition) is 6. The Hall–Kier alpha value is -3.52. The minimum absolute atomic E-state index is 0.156. The standard InChI is InChI=1S/C23H23N3O4S/c1-14-17-11-21(31-23(17)26(25-14)16-8-6-5-7-9-16)22(27)24-13-15-10-19(29-3)20(30-4)12-18(15)28-2/h5-12H,13H2,1-4H3,(H,24,27). The van der Waals surface area contributed by atoms with E-state index in [2.05, 4.69) is 10.4 Å². The van der Waals surface area contributed by atoms with Crippen molar-refractivity contribution in [3.8, 4) is 22.9 Å². The third-order valence-corrected chi connectivity index (χ3v) is 6.10. The first kappa shape index (κ1) is 20.7. The van der Waals surface area contributed by atoms with Gasteiger partial charge in [0.15, 0.2) is 11.5 Å². The van der Waals surface area contributed by atoms with Crippen LogP contribution in [0.1, 0.15) is 20.9 Å². The van der Waals surface area contributed by atoms with Gasteiger partial charge in [0.25, 0.3) is 5.91 Å². The topological polar surface area (TPSA) is 74.6 Å². The highest BCUT2D eigenvalue weighted by molar-refractivity contribution is 7.20. The molecule has 2 aromatic heterocycles. The normalized spacial score (nSPS) is 10.8. The first-order valence-corrected chi connectivity index (χ1v) is 10.5. The Morgan fingerprint density at radius 1 is 1.00 bits per heavy atom. The van der Waals surface area contributed by atoms with E-state index in [1.807, 2.05) is 48.0 Å². The van der Waals surface area contributed by atoms with Crippen molar-refractivity contribution in [1.82, 2.24) is 15.1 Å². The van der Waals surface area contributed by atoms with Crippen LogP contribution in [-0.4, -0.2) is 37.0 Å². The van der Waals surface area contributed by atoms with Crippen molar-refractivity contribution in [2.45, 2.75) is 13.5 Å². The fourth-order valence-corrected chi connectivity index (χ4v) is 4.50. The van der Waals surface area contributed by atoms with Gasteiger partial charge in [0.1, 0.15) is 10.6 Å². The number of nitrogens with zero attached hydrogens (tertiary/aromatic N) is 2. The van der Waals surface area contributed by atoms with Crippen molar-refractivity contribution in [3.05, 3.63) is 64.7 Å². The van der Waals surface area contributed by atoms with Crippen LogP contribution in [0.4, 0.5) is 0 Å². The second-order valence-corrected chi connectivity index (χ2v) is 7.89. The van der Waals surface area contributed by atoms with E-state index in [-0.39, 0.29) is 5.91 Å². The van der Waals surface area contributed by atoms with Crippen molar-refractivity contribution in [1.29, 1.82) is 0 Å². The molecular weight excluding hydrogens is 414 g/mol. The van der Waals surface area contributed by atoms with Crippen LogP contribution in [0.3, 0.4) is 0 Å². The number of fused-ring (bicyclic) bond motifs is 1. The van der Waals surface area contributed by atoms with Crippen LogP contribution < -0.4 is 19.5 Å². The van der Waals surface area contributed by atoms with Gasteiger partial charge in [-0.05, 0) is 31.2 Å². The summed E-state index contributed by atoms with van der Waals surface area (Å²) in [5.74, 6) is 1.61. The molecule has 0 spiro atoms. The summed E-state index contributed by atoms with van der Waals surface area (Å²) in [5, 5.41) is 8.57. The minimum atomic E-state index is -0.156. The summed E-state index contributed by atoms with van der Waals surface area (Å²) in [7, 11) is 4.72. The molecule has 7 nitrogen and oxygen atoms in total. The Labute approximate surface area is 184 Å². The van der Waals surface area contributed by atoms with Crippen LogP contribution in [0.15, 0.2) is 48.5 Å². The van der Waals surface area contributed by atoms with Gasteiger partial charge in [0.05, 0.1) is 37.6 Å². The maximum Gasteiger partial charge on any atom is 0.261 e. The molecule has 31 heavy (non-hydrogen) atoms. The lowest BCUT2D eigenvalue weighted by atomic mass is 10.1. The molecule has 0 fully saturated rings. The third-order valence-electron chi connectivity index (χ3n) is 5.00. The molecule has 0 bridgehead atoms. The van der Waals surface area contributed by atoms with E-state index in [1.54, 1.807) is 33.5 Å². The van der Waals surface area contributed by atoms with E-state index >= 15 is 0 Å². The number of nitrogens with one attached hydrogen (secondary N) is 1. The van der Waals surface area contributed by atoms with Gasteiger partial charge in [0.2, 0.25) is 0 Å². The number of hydrogen-bond donors (Lipinski definition) is 1. The Kier molecular flexibility index (Phi) is 5.81. The number of aryl methyl sites for hydroxylation is 1. The summed E-state index contributed by atoms with van der Waals surface area (Å²) in [6.07, 6.45) is 0. The zero-order chi connectivity index (χ0) is 22.0. The number of ether oxygens (including phenoxy) is 3. The zero-order valence-electron chi connectivity index (χ0n) is 17.8. The highest BCUT2D eigenvalue weighted by Crippen LogP contribution is 2.35. The van der Waals surface area contributed by atoms with Crippen molar-refractivity contribution in [2.24, 2.45) is 0 Å². The second kappa shape index (κ2) is 8.69. The predicted octanol–water partition coefficient (Wildman–Crippen LogP) is 4.35. The van der Waals surface area contributed by atoms with Crippen molar-refractivity contribution in [2.75, 3.05) is 21.3 Å². The van der Waals surface area contributed by atoms with Gasteiger partial charge in [0, 0.05) is 23.6 Å². The van der Waals surface area contributed by atoms with Gasteiger partial charge in [-0.1, -0.05) is 18.2 Å². The zero-order valence-corrected chi connectivity index (χ0v) is 18.6. The molecule has 0 aliphatic rings. The van der Waals surface area contributed by atoms with Crippen LogP contribution in [0.25, 0.3) is 15.9 Å². The largest absolute Gasteiger partial charge is 0.496 e. The molecule has 1 amide bonds. The number of carbonyl (C=O) groups excluding carboxylic acids is 1. The molecule has 0 aliphatic carbocycles. The third kappa shape index (κ3) is 3.94. The summed E-state index contributed by atoms with van der Waals surface area (Å²) in [6, 6.07) is 15.3. The number of benzene rings is 2. The lowest BCUT2D eigenvalue weighted by Gasteiger charge is -2.14. The van der Waals surface area contributed by atoms with Crippen molar-refractivity contribution in [3.63, 3.8) is 0 Å². The molecule has 0 saturated heterocycles. The summed E-state index contributed by atoms with van der Waals surface area (Å²) in [4.78, 5) is 14.5. The van der Waals surface area contributed by atoms with Crippen LogP contribution in [0.5, 0.6) is 17.2 Å². The van der Waals surface area contributed by atoms with Gasteiger partial charge >= 0.3 is 0 Å². The van der Waals surface area contributed by atoms with Crippen LogP contribution in [0.2, 0.25) is 0 Å². The van der Waals surface area contributed by atoms with Gasteiger partial charge in [-0.2, -0.15) is 5.10 Å². The SMILES string of the molecule is COc1cc(OC)c(OC)cc1CNC(=O)c1cc2c(C)nn(-c3ccccc3)c2s1. The lowest BCUT2D eigenvalue weighted by Crippen LogP contribution is -2.22. The first-order chi connectivity index (χ1) is 15.0. The Morgan fingerprint density at radius 3 is 2.35 bits per heavy atom. The van der Waals surface area contributed by atoms with Gasteiger partial charge in [-0.25, -0.2) is 4.68 Å². The molecule has 2 heterocycles. The number of thiophene rings is 1. The number of carbonyl (C=O) groups is 1. The van der Waals surface area contributed by atoms with Gasteiger partial charge in [-0.3, -0.25) is 4.79 Å². The molecule has 0 saturated carbocycles. The number of para-hydroxylation sites is 1. The quantitative estimate of drug-likeness (QED) is 0.465. The summed E-state index contributed by atoms with van der Waals surface area (Å²) < 4.78 is 18.0.